The lowest BCUT2D eigenvalue weighted by Crippen LogP contribution is -2.35. The van der Waals surface area contributed by atoms with Crippen LogP contribution in [-0.4, -0.2) is 54.6 Å². The van der Waals surface area contributed by atoms with Gasteiger partial charge in [-0.2, -0.15) is 0 Å². The minimum absolute atomic E-state index is 0.0166. The van der Waals surface area contributed by atoms with Crippen LogP contribution in [0.25, 0.3) is 0 Å². The van der Waals surface area contributed by atoms with Gasteiger partial charge in [-0.05, 0) is 32.9 Å². The molecule has 2 fully saturated rings. The van der Waals surface area contributed by atoms with E-state index in [1.165, 1.54) is 25.9 Å². The van der Waals surface area contributed by atoms with Crippen molar-refractivity contribution in [2.75, 3.05) is 32.7 Å². The van der Waals surface area contributed by atoms with Crippen molar-refractivity contribution < 1.29 is 4.79 Å². The van der Waals surface area contributed by atoms with Crippen LogP contribution in [0.3, 0.4) is 0 Å². The van der Waals surface area contributed by atoms with Crippen molar-refractivity contribution in [2.45, 2.75) is 25.8 Å². The van der Waals surface area contributed by atoms with Crippen LogP contribution in [0.5, 0.6) is 0 Å². The molecule has 2 heterocycles. The summed E-state index contributed by atoms with van der Waals surface area (Å²) < 4.78 is 0. The van der Waals surface area contributed by atoms with Gasteiger partial charge in [0.15, 0.2) is 0 Å². The Morgan fingerprint density at radius 2 is 2.12 bits per heavy atom. The molecule has 0 radical (unpaired) electrons. The van der Waals surface area contributed by atoms with Crippen LogP contribution in [-0.2, 0) is 0 Å². The summed E-state index contributed by atoms with van der Waals surface area (Å²) in [5, 5.41) is 2.79. The third-order valence-corrected chi connectivity index (χ3v) is 3.17. The molecule has 16 heavy (non-hydrogen) atoms. The first-order valence-electron chi connectivity index (χ1n) is 6.02. The Labute approximate surface area is 97.0 Å². The van der Waals surface area contributed by atoms with Crippen LogP contribution >= 0.6 is 0 Å². The third kappa shape index (κ3) is 2.67. The maximum Gasteiger partial charge on any atom is 0.318 e. The van der Waals surface area contributed by atoms with Gasteiger partial charge in [-0.15, -0.1) is 0 Å². The van der Waals surface area contributed by atoms with Crippen LogP contribution in [0.2, 0.25) is 0 Å². The topological polar surface area (TPSA) is 35.6 Å². The van der Waals surface area contributed by atoms with Gasteiger partial charge < -0.3 is 10.2 Å². The molecule has 2 aliphatic rings. The molecule has 4 heteroatoms. The maximum atomic E-state index is 11.4. The van der Waals surface area contributed by atoms with E-state index in [9.17, 15) is 4.79 Å². The Balaban J connectivity index is 1.79. The molecule has 0 aliphatic carbocycles. The fraction of sp³-hybridized carbons (Fsp3) is 0.750. The van der Waals surface area contributed by atoms with Gasteiger partial charge in [0.05, 0.1) is 12.6 Å². The van der Waals surface area contributed by atoms with Gasteiger partial charge in [0.2, 0.25) is 0 Å². The number of hydrogen-bond acceptors (Lipinski definition) is 2. The number of nitrogens with zero attached hydrogens (tertiary/aromatic N) is 2. The summed E-state index contributed by atoms with van der Waals surface area (Å²) in [5.74, 6) is 6.33. The zero-order valence-electron chi connectivity index (χ0n) is 9.83. The molecule has 2 rings (SSSR count). The fourth-order valence-corrected chi connectivity index (χ4v) is 2.18. The molecule has 1 unspecified atom stereocenters. The first kappa shape index (κ1) is 11.3. The second kappa shape index (κ2) is 5.22. The molecule has 1 N–H and O–H groups in total. The van der Waals surface area contributed by atoms with Crippen molar-refractivity contribution in [1.82, 2.24) is 15.1 Å². The van der Waals surface area contributed by atoms with Crippen LogP contribution in [0.15, 0.2) is 0 Å². The lowest BCUT2D eigenvalue weighted by atomic mass is 10.3. The number of urea groups is 1. The highest BCUT2D eigenvalue weighted by Crippen LogP contribution is 2.06. The minimum Gasteiger partial charge on any atom is -0.336 e. The molecule has 1 atom stereocenters. The van der Waals surface area contributed by atoms with Gasteiger partial charge in [0.1, 0.15) is 0 Å². The van der Waals surface area contributed by atoms with E-state index >= 15 is 0 Å². The molecule has 0 aromatic heterocycles. The Kier molecular flexibility index (Phi) is 3.68. The highest BCUT2D eigenvalue weighted by atomic mass is 16.2. The van der Waals surface area contributed by atoms with Crippen LogP contribution < -0.4 is 5.32 Å². The summed E-state index contributed by atoms with van der Waals surface area (Å²) >= 11 is 0. The number of likely N-dealkylation sites (tertiary alicyclic amines) is 1. The molecule has 0 aromatic rings. The largest absolute Gasteiger partial charge is 0.336 e. The average molecular weight is 221 g/mol. The summed E-state index contributed by atoms with van der Waals surface area (Å²) in [6.07, 6.45) is 2.59. The van der Waals surface area contributed by atoms with E-state index in [-0.39, 0.29) is 12.1 Å². The molecule has 0 saturated carbocycles. The van der Waals surface area contributed by atoms with E-state index in [4.69, 9.17) is 0 Å². The SMILES string of the molecule is CC(C#CCN1CCCC1)N1CCNC1=O. The molecule has 0 bridgehead atoms. The molecule has 2 aliphatic heterocycles. The first-order chi connectivity index (χ1) is 7.77. The van der Waals surface area contributed by atoms with E-state index in [2.05, 4.69) is 22.1 Å². The van der Waals surface area contributed by atoms with Crippen molar-refractivity contribution in [1.29, 1.82) is 0 Å². The van der Waals surface area contributed by atoms with Crippen LogP contribution in [0.4, 0.5) is 4.79 Å². The molecular weight excluding hydrogens is 202 g/mol. The van der Waals surface area contributed by atoms with Crippen molar-refractivity contribution in [2.24, 2.45) is 0 Å². The monoisotopic (exact) mass is 221 g/mol. The molecule has 0 aromatic carbocycles. The lowest BCUT2D eigenvalue weighted by Gasteiger charge is -2.17. The second-order valence-corrected chi connectivity index (χ2v) is 4.41. The predicted molar refractivity (Wildman–Crippen MR) is 63.0 cm³/mol. The van der Waals surface area contributed by atoms with Crippen molar-refractivity contribution >= 4 is 6.03 Å². The average Bonchev–Trinajstić information content (AvgIpc) is 2.88. The number of hydrogen-bond donors (Lipinski definition) is 1. The normalized spacial score (nSPS) is 22.8. The summed E-state index contributed by atoms with van der Waals surface area (Å²) in [5.41, 5.74) is 0. The van der Waals surface area contributed by atoms with Gasteiger partial charge in [0.25, 0.3) is 0 Å². The predicted octanol–water partition coefficient (Wildman–Crippen LogP) is 0.499. The van der Waals surface area contributed by atoms with E-state index in [0.717, 1.165) is 19.6 Å². The van der Waals surface area contributed by atoms with Crippen molar-refractivity contribution in [3.05, 3.63) is 0 Å². The highest BCUT2D eigenvalue weighted by Gasteiger charge is 2.23. The summed E-state index contributed by atoms with van der Waals surface area (Å²) in [4.78, 5) is 15.5. The van der Waals surface area contributed by atoms with Gasteiger partial charge in [-0.25, -0.2) is 4.79 Å². The fourth-order valence-electron chi connectivity index (χ4n) is 2.18. The number of amides is 2. The Morgan fingerprint density at radius 1 is 1.38 bits per heavy atom. The first-order valence-corrected chi connectivity index (χ1v) is 6.02. The third-order valence-electron chi connectivity index (χ3n) is 3.17. The lowest BCUT2D eigenvalue weighted by molar-refractivity contribution is 0.212. The van der Waals surface area contributed by atoms with Gasteiger partial charge in [-0.1, -0.05) is 11.8 Å². The number of carbonyl (C=O) groups excluding carboxylic acids is 1. The zero-order valence-corrected chi connectivity index (χ0v) is 9.83. The van der Waals surface area contributed by atoms with Gasteiger partial charge >= 0.3 is 6.03 Å². The van der Waals surface area contributed by atoms with Gasteiger partial charge in [-0.3, -0.25) is 4.90 Å². The Bertz CT molecular complexity index is 312. The summed E-state index contributed by atoms with van der Waals surface area (Å²) in [6.45, 7) is 6.71. The molecule has 0 spiro atoms. The number of nitrogens with one attached hydrogen (secondary N) is 1. The standard InChI is InChI=1S/C12H19N3O/c1-11(15-10-6-13-12(15)16)5-4-9-14-7-2-3-8-14/h11H,2-3,6-10H2,1H3,(H,13,16). The van der Waals surface area contributed by atoms with E-state index in [1.54, 1.807) is 4.90 Å². The summed E-state index contributed by atoms with van der Waals surface area (Å²) in [6, 6.07) is 0.0491. The molecular formula is C12H19N3O. The zero-order chi connectivity index (χ0) is 11.4. The molecule has 2 amide bonds. The Hall–Kier alpha value is -1.21. The van der Waals surface area contributed by atoms with Gasteiger partial charge in [0, 0.05) is 13.1 Å². The smallest absolute Gasteiger partial charge is 0.318 e. The maximum absolute atomic E-state index is 11.4. The highest BCUT2D eigenvalue weighted by molar-refractivity contribution is 5.76. The van der Waals surface area contributed by atoms with Crippen molar-refractivity contribution in [3.63, 3.8) is 0 Å². The van der Waals surface area contributed by atoms with E-state index in [0.29, 0.717) is 0 Å². The Morgan fingerprint density at radius 3 is 2.75 bits per heavy atom. The van der Waals surface area contributed by atoms with E-state index in [1.807, 2.05) is 6.92 Å². The molecule has 88 valence electrons. The van der Waals surface area contributed by atoms with Crippen LogP contribution in [0, 0.1) is 11.8 Å². The quantitative estimate of drug-likeness (QED) is 0.689. The van der Waals surface area contributed by atoms with E-state index < -0.39 is 0 Å². The minimum atomic E-state index is 0.0166. The summed E-state index contributed by atoms with van der Waals surface area (Å²) in [7, 11) is 0. The van der Waals surface area contributed by atoms with Crippen molar-refractivity contribution in [3.8, 4) is 11.8 Å². The number of carbonyl (C=O) groups is 1. The van der Waals surface area contributed by atoms with Crippen LogP contribution in [0.1, 0.15) is 19.8 Å². The molecule has 4 nitrogen and oxygen atoms in total. The number of rotatable bonds is 2. The second-order valence-electron chi connectivity index (χ2n) is 4.41. The molecule has 2 saturated heterocycles.